The molecule has 1 aromatic rings. The molecular weight excluding hydrogens is 258 g/mol. The van der Waals surface area contributed by atoms with Gasteiger partial charge in [-0.05, 0) is 19.1 Å². The van der Waals surface area contributed by atoms with Gasteiger partial charge in [-0.2, -0.15) is 0 Å². The molecular formula is C12H16ClNO4. The van der Waals surface area contributed by atoms with Gasteiger partial charge in [-0.3, -0.25) is 4.79 Å². The van der Waals surface area contributed by atoms with Gasteiger partial charge in [-0.15, -0.1) is 0 Å². The van der Waals surface area contributed by atoms with Crippen molar-refractivity contribution in [3.05, 3.63) is 22.7 Å². The van der Waals surface area contributed by atoms with Gasteiger partial charge in [0.1, 0.15) is 0 Å². The number of halogens is 1. The number of nitrogens with two attached hydrogens (primary N) is 1. The lowest BCUT2D eigenvalue weighted by Crippen LogP contribution is -2.17. The third-order valence-electron chi connectivity index (χ3n) is 2.38. The van der Waals surface area contributed by atoms with Crippen molar-refractivity contribution < 1.29 is 19.4 Å². The number of rotatable bonds is 6. The van der Waals surface area contributed by atoms with Gasteiger partial charge in [-0.25, -0.2) is 0 Å². The van der Waals surface area contributed by atoms with Gasteiger partial charge in [0.2, 0.25) is 0 Å². The molecule has 1 rings (SSSR count). The third-order valence-corrected chi connectivity index (χ3v) is 2.71. The first kappa shape index (κ1) is 14.6. The summed E-state index contributed by atoms with van der Waals surface area (Å²) in [5.41, 5.74) is 6.31. The summed E-state index contributed by atoms with van der Waals surface area (Å²) in [5.74, 6) is -0.109. The highest BCUT2D eigenvalue weighted by atomic mass is 35.5. The van der Waals surface area contributed by atoms with Crippen LogP contribution in [0.3, 0.4) is 0 Å². The molecule has 0 bridgehead atoms. The number of methoxy groups -OCH3 is 1. The molecule has 0 saturated heterocycles. The van der Waals surface area contributed by atoms with Gasteiger partial charge in [-0.1, -0.05) is 11.6 Å². The molecule has 0 fully saturated rings. The van der Waals surface area contributed by atoms with E-state index in [9.17, 15) is 4.79 Å². The van der Waals surface area contributed by atoms with Crippen LogP contribution in [0, 0.1) is 0 Å². The smallest absolute Gasteiger partial charge is 0.305 e. The molecule has 0 spiro atoms. The average molecular weight is 274 g/mol. The molecule has 100 valence electrons. The van der Waals surface area contributed by atoms with Crippen LogP contribution in [0.5, 0.6) is 11.5 Å². The number of carboxylic acids is 1. The Labute approximate surface area is 110 Å². The van der Waals surface area contributed by atoms with Crippen molar-refractivity contribution in [2.75, 3.05) is 13.7 Å². The van der Waals surface area contributed by atoms with Crippen LogP contribution in [0.1, 0.15) is 24.9 Å². The summed E-state index contributed by atoms with van der Waals surface area (Å²) in [5, 5.41) is 9.16. The minimum atomic E-state index is -0.996. The van der Waals surface area contributed by atoms with E-state index in [0.717, 1.165) is 0 Å². The molecule has 0 aliphatic carbocycles. The van der Waals surface area contributed by atoms with Crippen molar-refractivity contribution in [1.82, 2.24) is 0 Å². The topological polar surface area (TPSA) is 81.8 Å². The largest absolute Gasteiger partial charge is 0.493 e. The maximum absolute atomic E-state index is 10.7. The number of carbonyl (C=O) groups is 1. The van der Waals surface area contributed by atoms with Crippen molar-refractivity contribution in [1.29, 1.82) is 0 Å². The maximum Gasteiger partial charge on any atom is 0.305 e. The first-order valence-corrected chi connectivity index (χ1v) is 5.85. The van der Waals surface area contributed by atoms with Crippen LogP contribution in [0.4, 0.5) is 0 Å². The van der Waals surface area contributed by atoms with Crippen LogP contribution in [-0.2, 0) is 4.79 Å². The summed E-state index contributed by atoms with van der Waals surface area (Å²) < 4.78 is 10.6. The van der Waals surface area contributed by atoms with E-state index in [1.807, 2.05) is 6.92 Å². The Morgan fingerprint density at radius 1 is 1.56 bits per heavy atom. The Hall–Kier alpha value is -1.46. The van der Waals surface area contributed by atoms with E-state index in [1.54, 1.807) is 12.1 Å². The second-order valence-corrected chi connectivity index (χ2v) is 4.04. The monoisotopic (exact) mass is 273 g/mol. The zero-order chi connectivity index (χ0) is 13.7. The first-order chi connectivity index (χ1) is 8.51. The van der Waals surface area contributed by atoms with Crippen molar-refractivity contribution >= 4 is 17.6 Å². The molecule has 0 aliphatic rings. The highest BCUT2D eigenvalue weighted by Gasteiger charge is 2.22. The quantitative estimate of drug-likeness (QED) is 0.830. The SMILES string of the molecule is CCOc1c(OC)ccc(Cl)c1C(N)CC(=O)O. The Balaban J connectivity index is 3.24. The standard InChI is InChI=1S/C12H16ClNO4/c1-3-18-12-9(17-2)5-4-7(13)11(12)8(14)6-10(15)16/h4-5,8H,3,6,14H2,1-2H3,(H,15,16). The maximum atomic E-state index is 10.7. The van der Waals surface area contributed by atoms with Crippen LogP contribution in [0.2, 0.25) is 5.02 Å². The summed E-state index contributed by atoms with van der Waals surface area (Å²) in [6.45, 7) is 2.22. The molecule has 0 amide bonds. The van der Waals surface area contributed by atoms with Crippen LogP contribution < -0.4 is 15.2 Å². The summed E-state index contributed by atoms with van der Waals surface area (Å²) in [6.07, 6.45) is -0.229. The fraction of sp³-hybridized carbons (Fsp3) is 0.417. The molecule has 0 aromatic heterocycles. The zero-order valence-corrected chi connectivity index (χ0v) is 11.0. The summed E-state index contributed by atoms with van der Waals surface area (Å²) in [7, 11) is 1.50. The highest BCUT2D eigenvalue weighted by molar-refractivity contribution is 6.31. The number of hydrogen-bond donors (Lipinski definition) is 2. The van der Waals surface area contributed by atoms with Gasteiger partial charge in [0.05, 0.1) is 20.1 Å². The lowest BCUT2D eigenvalue weighted by molar-refractivity contribution is -0.137. The van der Waals surface area contributed by atoms with E-state index in [4.69, 9.17) is 31.9 Å². The van der Waals surface area contributed by atoms with Gasteiger partial charge in [0.25, 0.3) is 0 Å². The third kappa shape index (κ3) is 3.27. The predicted molar refractivity (Wildman–Crippen MR) is 68.4 cm³/mol. The fourth-order valence-electron chi connectivity index (χ4n) is 1.65. The number of ether oxygens (including phenoxy) is 2. The Morgan fingerprint density at radius 3 is 2.72 bits per heavy atom. The van der Waals surface area contributed by atoms with Crippen LogP contribution in [-0.4, -0.2) is 24.8 Å². The lowest BCUT2D eigenvalue weighted by Gasteiger charge is -2.19. The van der Waals surface area contributed by atoms with Crippen LogP contribution in [0.25, 0.3) is 0 Å². The van der Waals surface area contributed by atoms with E-state index in [1.165, 1.54) is 7.11 Å². The predicted octanol–water partition coefficient (Wildman–Crippen LogP) is 2.22. The van der Waals surface area contributed by atoms with Gasteiger partial charge < -0.3 is 20.3 Å². The number of benzene rings is 1. The Bertz CT molecular complexity index is 436. The normalized spacial score (nSPS) is 12.0. The molecule has 18 heavy (non-hydrogen) atoms. The van der Waals surface area contributed by atoms with Crippen molar-refractivity contribution in [3.8, 4) is 11.5 Å². The summed E-state index contributed by atoms with van der Waals surface area (Å²) in [4.78, 5) is 10.7. The number of carboxylic acid groups (broad SMARTS) is 1. The second kappa shape index (κ2) is 6.47. The van der Waals surface area contributed by atoms with E-state index >= 15 is 0 Å². The van der Waals surface area contributed by atoms with Gasteiger partial charge in [0, 0.05) is 16.6 Å². The molecule has 6 heteroatoms. The lowest BCUT2D eigenvalue weighted by atomic mass is 10.0. The summed E-state index contributed by atoms with van der Waals surface area (Å²) >= 11 is 6.06. The number of hydrogen-bond acceptors (Lipinski definition) is 4. The molecule has 3 N–H and O–H groups in total. The second-order valence-electron chi connectivity index (χ2n) is 3.63. The Morgan fingerprint density at radius 2 is 2.22 bits per heavy atom. The van der Waals surface area contributed by atoms with Crippen molar-refractivity contribution in [3.63, 3.8) is 0 Å². The van der Waals surface area contributed by atoms with Crippen LogP contribution in [0.15, 0.2) is 12.1 Å². The highest BCUT2D eigenvalue weighted by Crippen LogP contribution is 2.40. The van der Waals surface area contributed by atoms with Crippen molar-refractivity contribution in [2.24, 2.45) is 5.73 Å². The zero-order valence-electron chi connectivity index (χ0n) is 10.3. The van der Waals surface area contributed by atoms with Crippen molar-refractivity contribution in [2.45, 2.75) is 19.4 Å². The molecule has 0 radical (unpaired) electrons. The van der Waals surface area contributed by atoms with E-state index in [2.05, 4.69) is 0 Å². The molecule has 5 nitrogen and oxygen atoms in total. The van der Waals surface area contributed by atoms with Gasteiger partial charge >= 0.3 is 5.97 Å². The molecule has 1 unspecified atom stereocenters. The van der Waals surface area contributed by atoms with Crippen LogP contribution >= 0.6 is 11.6 Å². The fourth-order valence-corrected chi connectivity index (χ4v) is 1.93. The molecule has 1 aromatic carbocycles. The minimum Gasteiger partial charge on any atom is -0.493 e. The molecule has 1 atom stereocenters. The minimum absolute atomic E-state index is 0.229. The Kier molecular flexibility index (Phi) is 5.25. The summed E-state index contributed by atoms with van der Waals surface area (Å²) in [6, 6.07) is 2.52. The van der Waals surface area contributed by atoms with E-state index in [-0.39, 0.29) is 6.42 Å². The number of aliphatic carboxylic acids is 1. The van der Waals surface area contributed by atoms with E-state index < -0.39 is 12.0 Å². The average Bonchev–Trinajstić information content (AvgIpc) is 2.28. The first-order valence-electron chi connectivity index (χ1n) is 5.47. The molecule has 0 aliphatic heterocycles. The van der Waals surface area contributed by atoms with Gasteiger partial charge in [0.15, 0.2) is 11.5 Å². The molecule has 0 heterocycles. The van der Waals surface area contributed by atoms with E-state index in [0.29, 0.717) is 28.7 Å². The molecule has 0 saturated carbocycles.